The molecule has 0 aliphatic carbocycles. The first-order valence-corrected chi connectivity index (χ1v) is 15.9. The molecule has 1 aliphatic heterocycles. The Labute approximate surface area is 250 Å². The van der Waals surface area contributed by atoms with E-state index in [1.807, 2.05) is 0 Å². The summed E-state index contributed by atoms with van der Waals surface area (Å²) in [4.78, 5) is 33.7. The number of aliphatic hydroxyl groups excluding tert-OH is 3. The lowest BCUT2D eigenvalue weighted by Crippen LogP contribution is -2.62. The monoisotopic (exact) mass is 604 g/mol. The average Bonchev–Trinajstić information content (AvgIpc) is 2.95. The van der Waals surface area contributed by atoms with Crippen molar-refractivity contribution in [3.8, 4) is 0 Å². The molecule has 0 aromatic heterocycles. The van der Waals surface area contributed by atoms with Gasteiger partial charge in [0.2, 0.25) is 0 Å². The predicted octanol–water partition coefficient (Wildman–Crippen LogP) is 2.84. The number of nitrogens with one attached hydrogen (secondary N) is 1. The zero-order chi connectivity index (χ0) is 31.2. The molecule has 1 heterocycles. The van der Waals surface area contributed by atoms with E-state index >= 15 is 0 Å². The van der Waals surface area contributed by atoms with Crippen molar-refractivity contribution < 1.29 is 49.4 Å². The van der Waals surface area contributed by atoms with Gasteiger partial charge in [-0.2, -0.15) is 0 Å². The van der Waals surface area contributed by atoms with Crippen molar-refractivity contribution in [3.63, 3.8) is 0 Å². The highest BCUT2D eigenvalue weighted by Gasteiger charge is 2.47. The molecule has 0 aromatic rings. The van der Waals surface area contributed by atoms with Gasteiger partial charge in [-0.25, -0.2) is 0 Å². The maximum absolute atomic E-state index is 12.5. The molecule has 0 saturated carbocycles. The number of hydrogen-bond donors (Lipinski definition) is 7. The smallest absolute Gasteiger partial charge is 0.320 e. The maximum Gasteiger partial charge on any atom is 0.320 e. The second-order valence-electron chi connectivity index (χ2n) is 11.4. The Kier molecular flexibility index (Phi) is 21.5. The Hall–Kier alpha value is -1.83. The van der Waals surface area contributed by atoms with Gasteiger partial charge in [0, 0.05) is 19.6 Å². The number of nitrogens with two attached hydrogens (primary N) is 1. The van der Waals surface area contributed by atoms with Crippen LogP contribution in [0.3, 0.4) is 0 Å². The summed E-state index contributed by atoms with van der Waals surface area (Å²) in [6, 6.07) is -0.953. The van der Waals surface area contributed by atoms with Crippen LogP contribution in [0.2, 0.25) is 0 Å². The molecular formula is C30H56N2O10. The number of amides is 1. The highest BCUT2D eigenvalue weighted by Crippen LogP contribution is 2.23. The normalized spacial score (nSPS) is 23.0. The lowest BCUT2D eigenvalue weighted by Gasteiger charge is -2.39. The Bertz CT molecular complexity index is 741. The second-order valence-corrected chi connectivity index (χ2v) is 11.4. The Balaban J connectivity index is 2.06. The molecule has 0 bridgehead atoms. The van der Waals surface area contributed by atoms with Gasteiger partial charge < -0.3 is 46.1 Å². The lowest BCUT2D eigenvalue weighted by molar-refractivity contribution is -0.290. The van der Waals surface area contributed by atoms with Crippen molar-refractivity contribution in [1.29, 1.82) is 0 Å². The average molecular weight is 605 g/mol. The summed E-state index contributed by atoms with van der Waals surface area (Å²) in [5, 5.41) is 50.7. The van der Waals surface area contributed by atoms with Gasteiger partial charge >= 0.3 is 11.9 Å². The fourth-order valence-electron chi connectivity index (χ4n) is 5.00. The van der Waals surface area contributed by atoms with Crippen LogP contribution in [0, 0.1) is 0 Å². The molecule has 42 heavy (non-hydrogen) atoms. The number of carbonyl (C=O) groups excluding carboxylic acids is 1. The number of rotatable bonds is 26. The molecular weight excluding hydrogens is 548 g/mol. The molecule has 246 valence electrons. The molecule has 1 rings (SSSR count). The third-order valence-corrected chi connectivity index (χ3v) is 7.70. The topological polar surface area (TPSA) is 209 Å². The zero-order valence-corrected chi connectivity index (χ0v) is 25.2. The molecule has 0 spiro atoms. The third-order valence-electron chi connectivity index (χ3n) is 7.70. The fraction of sp³-hybridized carbons (Fsp3) is 0.900. The molecule has 1 saturated heterocycles. The lowest BCUT2D eigenvalue weighted by atomic mass is 9.98. The van der Waals surface area contributed by atoms with Crippen molar-refractivity contribution in [1.82, 2.24) is 5.32 Å². The first kappa shape index (κ1) is 38.2. The van der Waals surface area contributed by atoms with Gasteiger partial charge in [0.05, 0.1) is 0 Å². The van der Waals surface area contributed by atoms with Crippen molar-refractivity contribution in [2.24, 2.45) is 5.73 Å². The van der Waals surface area contributed by atoms with Crippen LogP contribution in [0.5, 0.6) is 0 Å². The van der Waals surface area contributed by atoms with Crippen LogP contribution < -0.4 is 11.1 Å². The number of carboxylic acid groups (broad SMARTS) is 2. The van der Waals surface area contributed by atoms with E-state index in [0.29, 0.717) is 19.4 Å². The van der Waals surface area contributed by atoms with Crippen LogP contribution >= 0.6 is 0 Å². The minimum absolute atomic E-state index is 0.223. The van der Waals surface area contributed by atoms with E-state index in [1.165, 1.54) is 51.4 Å². The summed E-state index contributed by atoms with van der Waals surface area (Å²) in [6.45, 7) is 0.517. The fourth-order valence-corrected chi connectivity index (χ4v) is 5.00. The number of ether oxygens (including phenoxy) is 2. The molecule has 12 heteroatoms. The summed E-state index contributed by atoms with van der Waals surface area (Å²) in [5.41, 5.74) is 5.45. The van der Waals surface area contributed by atoms with E-state index in [9.17, 15) is 29.7 Å². The van der Waals surface area contributed by atoms with Crippen molar-refractivity contribution in [2.75, 3.05) is 13.2 Å². The Morgan fingerprint density at radius 2 is 1.19 bits per heavy atom. The van der Waals surface area contributed by atoms with Gasteiger partial charge in [0.25, 0.3) is 5.91 Å². The van der Waals surface area contributed by atoms with Gasteiger partial charge in [0.15, 0.2) is 12.4 Å². The number of carboxylic acids is 2. The van der Waals surface area contributed by atoms with Gasteiger partial charge in [-0.05, 0) is 32.1 Å². The number of aliphatic carboxylic acids is 2. The van der Waals surface area contributed by atoms with Gasteiger partial charge in [-0.1, -0.05) is 83.5 Å². The Morgan fingerprint density at radius 3 is 1.69 bits per heavy atom. The first-order chi connectivity index (χ1) is 20.1. The van der Waals surface area contributed by atoms with Crippen LogP contribution in [0.25, 0.3) is 0 Å². The predicted molar refractivity (Wildman–Crippen MR) is 157 cm³/mol. The maximum atomic E-state index is 12.5. The van der Waals surface area contributed by atoms with Crippen molar-refractivity contribution in [3.05, 3.63) is 0 Å². The minimum atomic E-state index is -1.61. The summed E-state index contributed by atoms with van der Waals surface area (Å²) < 4.78 is 11.1. The van der Waals surface area contributed by atoms with Crippen molar-refractivity contribution >= 4 is 17.8 Å². The molecule has 1 fully saturated rings. The number of hydrogen-bond acceptors (Lipinski definition) is 9. The molecule has 0 radical (unpaired) electrons. The zero-order valence-electron chi connectivity index (χ0n) is 25.2. The van der Waals surface area contributed by atoms with E-state index in [1.54, 1.807) is 0 Å². The first-order valence-electron chi connectivity index (χ1n) is 15.9. The molecule has 0 unspecified atom stereocenters. The van der Waals surface area contributed by atoms with Crippen molar-refractivity contribution in [2.45, 2.75) is 159 Å². The summed E-state index contributed by atoms with van der Waals surface area (Å²) in [7, 11) is 0. The van der Waals surface area contributed by atoms with E-state index in [0.717, 1.165) is 44.9 Å². The largest absolute Gasteiger partial charge is 0.481 e. The van der Waals surface area contributed by atoms with Gasteiger partial charge in [-0.3, -0.25) is 14.4 Å². The molecule has 8 N–H and O–H groups in total. The summed E-state index contributed by atoms with van der Waals surface area (Å²) in [6.07, 6.45) is 11.0. The molecule has 6 atom stereocenters. The van der Waals surface area contributed by atoms with Crippen LogP contribution in [0.1, 0.15) is 122 Å². The molecule has 1 amide bonds. The Morgan fingerprint density at radius 1 is 0.690 bits per heavy atom. The van der Waals surface area contributed by atoms with E-state index in [4.69, 9.17) is 25.4 Å². The van der Waals surface area contributed by atoms with Crippen LogP contribution in [-0.4, -0.2) is 93.3 Å². The van der Waals surface area contributed by atoms with Crippen LogP contribution in [0.15, 0.2) is 0 Å². The summed E-state index contributed by atoms with van der Waals surface area (Å²) in [5.74, 6) is -2.43. The highest BCUT2D eigenvalue weighted by atomic mass is 16.7. The highest BCUT2D eigenvalue weighted by molar-refractivity contribution is 5.81. The number of carbonyl (C=O) groups is 3. The second kappa shape index (κ2) is 23.6. The van der Waals surface area contributed by atoms with E-state index < -0.39 is 54.6 Å². The van der Waals surface area contributed by atoms with Gasteiger partial charge in [-0.15, -0.1) is 0 Å². The number of aliphatic hydroxyl groups is 3. The standard InChI is InChI=1S/C30H56N2O10/c31-22(29(39)40)18-15-16-20-32-28(38)27-25(36)24(35)26(37)30(42-27)41-21-17-13-11-9-7-5-3-1-2-4-6-8-10-12-14-19-23(33)34/h22,24-27,30,35-37H,1-21,31H2,(H,32,38)(H,33,34)(H,39,40)/t22-,24-,25-,26+,27-,30+/m0/s1. The number of unbranched alkanes of at least 4 members (excludes halogenated alkanes) is 15. The minimum Gasteiger partial charge on any atom is -0.481 e. The molecule has 0 aromatic carbocycles. The third kappa shape index (κ3) is 17.3. The van der Waals surface area contributed by atoms with E-state index in [2.05, 4.69) is 5.32 Å². The van der Waals surface area contributed by atoms with Gasteiger partial charge in [0.1, 0.15) is 24.4 Å². The quantitative estimate of drug-likeness (QED) is 0.0714. The van der Waals surface area contributed by atoms with Crippen LogP contribution in [0.4, 0.5) is 0 Å². The van der Waals surface area contributed by atoms with E-state index in [-0.39, 0.29) is 19.4 Å². The molecule has 12 nitrogen and oxygen atoms in total. The SMILES string of the molecule is N[C@@H](CCCCNC(=O)[C@H]1O[C@@H](OCCCCCCCCCCCCCCCCCC(=O)O)[C@H](O)[C@@H](O)[C@@H]1O)C(=O)O. The molecule has 1 aliphatic rings. The van der Waals surface area contributed by atoms with Crippen LogP contribution in [-0.2, 0) is 23.9 Å². The summed E-state index contributed by atoms with van der Waals surface area (Å²) >= 11 is 0.